The summed E-state index contributed by atoms with van der Waals surface area (Å²) in [5, 5.41) is 3.49. The van der Waals surface area contributed by atoms with Gasteiger partial charge in [0.05, 0.1) is 47.2 Å². The number of amides is 2. The van der Waals surface area contributed by atoms with Crippen LogP contribution in [0.15, 0.2) is 54.7 Å². The molecule has 2 amide bonds. The number of piperazine rings is 1. The van der Waals surface area contributed by atoms with Gasteiger partial charge in [-0.05, 0) is 57.2 Å². The largest absolute Gasteiger partial charge is 0.495 e. The Morgan fingerprint density at radius 1 is 0.909 bits per heavy atom. The van der Waals surface area contributed by atoms with Gasteiger partial charge < -0.3 is 29.3 Å². The molecule has 1 aliphatic rings. The number of rotatable bonds is 6. The summed E-state index contributed by atoms with van der Waals surface area (Å²) in [6.07, 6.45) is 1.22. The molecule has 5 rings (SSSR count). The Labute approximate surface area is 265 Å². The van der Waals surface area contributed by atoms with E-state index in [-0.39, 0.29) is 22.0 Å². The van der Waals surface area contributed by atoms with Crippen LogP contribution in [-0.4, -0.2) is 72.9 Å². The number of nitrogens with zero attached hydrogens (tertiary/aromatic N) is 4. The Balaban J connectivity index is 1.30. The summed E-state index contributed by atoms with van der Waals surface area (Å²) in [6.45, 7) is 8.08. The third-order valence-corrected chi connectivity index (χ3v) is 7.82. The van der Waals surface area contributed by atoms with E-state index < -0.39 is 5.60 Å². The van der Waals surface area contributed by atoms with E-state index in [4.69, 9.17) is 42.4 Å². The number of aromatic nitrogens is 2. The maximum atomic E-state index is 13.3. The monoisotopic (exact) mass is 637 g/mol. The average molecular weight is 639 g/mol. The van der Waals surface area contributed by atoms with Gasteiger partial charge in [-0.15, -0.1) is 0 Å². The molecule has 3 aromatic carbocycles. The highest BCUT2D eigenvalue weighted by Crippen LogP contribution is 2.45. The van der Waals surface area contributed by atoms with Gasteiger partial charge in [0.2, 0.25) is 0 Å². The molecule has 1 N–H and O–H groups in total. The van der Waals surface area contributed by atoms with Crippen LogP contribution in [0.25, 0.3) is 22.3 Å². The molecule has 0 radical (unpaired) electrons. The van der Waals surface area contributed by atoms with Gasteiger partial charge in [-0.1, -0.05) is 29.3 Å². The van der Waals surface area contributed by atoms with Crippen molar-refractivity contribution in [2.75, 3.05) is 50.6 Å². The summed E-state index contributed by atoms with van der Waals surface area (Å²) in [7, 11) is 3.00. The maximum absolute atomic E-state index is 13.3. The predicted molar refractivity (Wildman–Crippen MR) is 173 cm³/mol. The highest BCUT2D eigenvalue weighted by molar-refractivity contribution is 6.41. The SMILES string of the molecule is COc1cc(OC)c(Cl)c(-c2cnc3c(C(=O)Nc4ccc(N5CCN(C(=O)OC(C)(C)C)CC5)cc4)cccc3n2)c1Cl. The third-order valence-electron chi connectivity index (χ3n) is 7.07. The topological polar surface area (TPSA) is 106 Å². The summed E-state index contributed by atoms with van der Waals surface area (Å²) < 4.78 is 16.2. The van der Waals surface area contributed by atoms with E-state index in [9.17, 15) is 9.59 Å². The lowest BCUT2D eigenvalue weighted by atomic mass is 10.1. The van der Waals surface area contributed by atoms with Crippen molar-refractivity contribution >= 4 is 57.6 Å². The summed E-state index contributed by atoms with van der Waals surface area (Å²) in [6, 6.07) is 14.4. The fourth-order valence-corrected chi connectivity index (χ4v) is 5.58. The number of nitrogens with one attached hydrogen (secondary N) is 1. The number of hydrogen-bond donors (Lipinski definition) is 1. The van der Waals surface area contributed by atoms with E-state index in [0.717, 1.165) is 5.69 Å². The summed E-state index contributed by atoms with van der Waals surface area (Å²) in [5.74, 6) is 0.439. The van der Waals surface area contributed by atoms with Crippen LogP contribution in [0.5, 0.6) is 11.5 Å². The molecule has 4 aromatic rings. The number of methoxy groups -OCH3 is 2. The Bertz CT molecular complexity index is 1670. The molecule has 0 spiro atoms. The molecule has 0 aliphatic carbocycles. The van der Waals surface area contributed by atoms with Gasteiger partial charge in [-0.2, -0.15) is 0 Å². The molecule has 230 valence electrons. The lowest BCUT2D eigenvalue weighted by Crippen LogP contribution is -2.50. The van der Waals surface area contributed by atoms with E-state index >= 15 is 0 Å². The first-order chi connectivity index (χ1) is 21.0. The fraction of sp³-hybridized carbons (Fsp3) is 0.312. The number of ether oxygens (including phenoxy) is 3. The molecule has 1 saturated heterocycles. The molecule has 1 aromatic heterocycles. The van der Waals surface area contributed by atoms with Gasteiger partial charge in [0.1, 0.15) is 22.6 Å². The minimum Gasteiger partial charge on any atom is -0.495 e. The van der Waals surface area contributed by atoms with Crippen molar-refractivity contribution in [2.24, 2.45) is 0 Å². The molecule has 2 heterocycles. The van der Waals surface area contributed by atoms with Crippen LogP contribution in [0.3, 0.4) is 0 Å². The lowest BCUT2D eigenvalue weighted by molar-refractivity contribution is 0.0240. The number of benzene rings is 3. The normalized spacial score (nSPS) is 13.5. The van der Waals surface area contributed by atoms with Gasteiger partial charge in [0.25, 0.3) is 5.91 Å². The first-order valence-corrected chi connectivity index (χ1v) is 14.7. The van der Waals surface area contributed by atoms with Gasteiger partial charge in [-0.25, -0.2) is 9.78 Å². The Hall–Kier alpha value is -4.28. The molecular formula is C32H33Cl2N5O5. The zero-order chi connectivity index (χ0) is 31.6. The van der Waals surface area contributed by atoms with Gasteiger partial charge in [0, 0.05) is 49.2 Å². The number of anilines is 2. The van der Waals surface area contributed by atoms with Crippen LogP contribution in [0, 0.1) is 0 Å². The number of hydrogen-bond acceptors (Lipinski definition) is 8. The molecule has 10 nitrogen and oxygen atoms in total. The second-order valence-electron chi connectivity index (χ2n) is 11.2. The molecular weight excluding hydrogens is 605 g/mol. The van der Waals surface area contributed by atoms with Crippen molar-refractivity contribution < 1.29 is 23.8 Å². The molecule has 12 heteroatoms. The van der Waals surface area contributed by atoms with Crippen LogP contribution in [0.4, 0.5) is 16.2 Å². The standard InChI is InChI=1S/C32H33Cl2N5O5/c1-32(2,3)44-31(41)39-15-13-38(14-16-39)20-11-9-19(10-12-20)36-30(40)21-7-6-8-22-29(21)35-18-23(37-22)26-27(33)24(42-4)17-25(43-5)28(26)34/h6-12,17-18H,13-16H2,1-5H3,(H,36,40). The molecule has 44 heavy (non-hydrogen) atoms. The Morgan fingerprint density at radius 3 is 2.14 bits per heavy atom. The molecule has 0 bridgehead atoms. The van der Waals surface area contributed by atoms with Crippen molar-refractivity contribution in [2.45, 2.75) is 26.4 Å². The van der Waals surface area contributed by atoms with Crippen molar-refractivity contribution in [3.8, 4) is 22.8 Å². The van der Waals surface area contributed by atoms with Crippen LogP contribution in [0.2, 0.25) is 10.0 Å². The first-order valence-electron chi connectivity index (χ1n) is 14.0. The second kappa shape index (κ2) is 12.8. The van der Waals surface area contributed by atoms with Crippen molar-refractivity contribution in [1.29, 1.82) is 0 Å². The summed E-state index contributed by atoms with van der Waals surface area (Å²) >= 11 is 13.2. The minimum absolute atomic E-state index is 0.272. The van der Waals surface area contributed by atoms with Gasteiger partial charge in [-0.3, -0.25) is 9.78 Å². The average Bonchev–Trinajstić information content (AvgIpc) is 3.00. The van der Waals surface area contributed by atoms with Gasteiger partial charge >= 0.3 is 6.09 Å². The highest BCUT2D eigenvalue weighted by atomic mass is 35.5. The van der Waals surface area contributed by atoms with Crippen LogP contribution < -0.4 is 19.7 Å². The number of halogens is 2. The Kier molecular flexibility index (Phi) is 9.03. The zero-order valence-corrected chi connectivity index (χ0v) is 26.6. The van der Waals surface area contributed by atoms with E-state index in [1.54, 1.807) is 29.2 Å². The summed E-state index contributed by atoms with van der Waals surface area (Å²) in [5.41, 5.74) is 3.22. The van der Waals surface area contributed by atoms with Crippen LogP contribution in [0.1, 0.15) is 31.1 Å². The van der Waals surface area contributed by atoms with E-state index in [2.05, 4.69) is 15.2 Å². The van der Waals surface area contributed by atoms with E-state index in [1.807, 2.05) is 45.0 Å². The smallest absolute Gasteiger partial charge is 0.410 e. The zero-order valence-electron chi connectivity index (χ0n) is 25.1. The molecule has 0 atom stereocenters. The van der Waals surface area contributed by atoms with E-state index in [1.165, 1.54) is 20.4 Å². The quantitative estimate of drug-likeness (QED) is 0.243. The number of para-hydroxylation sites is 1. The van der Waals surface area contributed by atoms with Crippen molar-refractivity contribution in [1.82, 2.24) is 14.9 Å². The third kappa shape index (κ3) is 6.61. The molecule has 1 fully saturated rings. The Morgan fingerprint density at radius 2 is 1.55 bits per heavy atom. The van der Waals surface area contributed by atoms with Crippen LogP contribution in [-0.2, 0) is 4.74 Å². The van der Waals surface area contributed by atoms with Gasteiger partial charge in [0.15, 0.2) is 0 Å². The lowest BCUT2D eigenvalue weighted by Gasteiger charge is -2.36. The van der Waals surface area contributed by atoms with Crippen molar-refractivity contribution in [3.63, 3.8) is 0 Å². The highest BCUT2D eigenvalue weighted by Gasteiger charge is 2.26. The number of fused-ring (bicyclic) bond motifs is 1. The van der Waals surface area contributed by atoms with Crippen LogP contribution >= 0.6 is 23.2 Å². The van der Waals surface area contributed by atoms with Crippen molar-refractivity contribution in [3.05, 3.63) is 70.3 Å². The molecule has 0 saturated carbocycles. The second-order valence-corrected chi connectivity index (χ2v) is 11.9. The number of carbonyl (C=O) groups is 2. The van der Waals surface area contributed by atoms with E-state index in [0.29, 0.717) is 71.2 Å². The summed E-state index contributed by atoms with van der Waals surface area (Å²) in [4.78, 5) is 38.9. The number of carbonyl (C=O) groups excluding carboxylic acids is 2. The first kappa shape index (κ1) is 31.2. The maximum Gasteiger partial charge on any atom is 0.410 e. The predicted octanol–water partition coefficient (Wildman–Crippen LogP) is 6.93. The minimum atomic E-state index is -0.524. The molecule has 0 unspecified atom stereocenters. The fourth-order valence-electron chi connectivity index (χ4n) is 4.88. The molecule has 1 aliphatic heterocycles.